The molecule has 0 radical (unpaired) electrons. The van der Waals surface area contributed by atoms with Crippen molar-refractivity contribution in [1.29, 1.82) is 0 Å². The number of imidazole rings is 1. The predicted molar refractivity (Wildman–Crippen MR) is 92.1 cm³/mol. The molecule has 1 aliphatic carbocycles. The molecule has 1 saturated carbocycles. The van der Waals surface area contributed by atoms with Crippen LogP contribution in [0.15, 0.2) is 24.3 Å². The average Bonchev–Trinajstić information content (AvgIpc) is 2.92. The minimum atomic E-state index is 0.0610. The number of carbonyl (C=O) groups is 1. The smallest absolute Gasteiger partial charge is 0.224 e. The second-order valence-electron chi connectivity index (χ2n) is 6.52. The summed E-state index contributed by atoms with van der Waals surface area (Å²) >= 11 is 0. The van der Waals surface area contributed by atoms with E-state index < -0.39 is 0 Å². The summed E-state index contributed by atoms with van der Waals surface area (Å²) in [7, 11) is 3.78. The molecular weight excluding hydrogens is 288 g/mol. The van der Waals surface area contributed by atoms with Crippen LogP contribution in [0, 0.1) is 5.92 Å². The number of benzene rings is 1. The van der Waals surface area contributed by atoms with Gasteiger partial charge in [0.1, 0.15) is 5.82 Å². The number of aryl methyl sites for hydroxylation is 1. The van der Waals surface area contributed by atoms with Crippen molar-refractivity contribution in [3.8, 4) is 0 Å². The van der Waals surface area contributed by atoms with Crippen molar-refractivity contribution in [2.24, 2.45) is 13.0 Å². The number of nitrogens with one attached hydrogen (secondary N) is 2. The third-order valence-corrected chi connectivity index (χ3v) is 5.02. The molecule has 3 rings (SSSR count). The zero-order valence-electron chi connectivity index (χ0n) is 14.2. The molecule has 3 atom stereocenters. The van der Waals surface area contributed by atoms with Crippen molar-refractivity contribution >= 4 is 16.9 Å². The van der Waals surface area contributed by atoms with Gasteiger partial charge in [0.25, 0.3) is 0 Å². The van der Waals surface area contributed by atoms with E-state index in [1.807, 2.05) is 18.2 Å². The molecule has 1 aromatic carbocycles. The molecule has 2 N–H and O–H groups in total. The summed E-state index contributed by atoms with van der Waals surface area (Å²) in [6, 6.07) is 8.52. The number of aromatic nitrogens is 2. The second kappa shape index (κ2) is 6.71. The van der Waals surface area contributed by atoms with E-state index in [1.165, 1.54) is 6.42 Å². The Morgan fingerprint density at radius 2 is 2.04 bits per heavy atom. The fraction of sp³-hybridized carbons (Fsp3) is 0.556. The van der Waals surface area contributed by atoms with Crippen molar-refractivity contribution in [3.63, 3.8) is 0 Å². The first-order chi connectivity index (χ1) is 11.1. The van der Waals surface area contributed by atoms with Gasteiger partial charge < -0.3 is 15.2 Å². The maximum Gasteiger partial charge on any atom is 0.224 e. The van der Waals surface area contributed by atoms with Crippen molar-refractivity contribution in [2.45, 2.75) is 44.7 Å². The molecule has 0 aliphatic heterocycles. The van der Waals surface area contributed by atoms with Crippen LogP contribution in [0.5, 0.6) is 0 Å². The largest absolute Gasteiger partial charge is 0.359 e. The van der Waals surface area contributed by atoms with Gasteiger partial charge in [-0.1, -0.05) is 25.0 Å². The summed E-state index contributed by atoms with van der Waals surface area (Å²) in [6.45, 7) is 2.14. The maximum atomic E-state index is 12.1. The highest BCUT2D eigenvalue weighted by molar-refractivity contribution is 5.79. The average molecular weight is 314 g/mol. The van der Waals surface area contributed by atoms with Crippen LogP contribution in [0.25, 0.3) is 11.0 Å². The van der Waals surface area contributed by atoms with Crippen LogP contribution in [0.4, 0.5) is 0 Å². The van der Waals surface area contributed by atoms with E-state index in [1.54, 1.807) is 7.05 Å². The molecule has 0 unspecified atom stereocenters. The van der Waals surface area contributed by atoms with E-state index in [2.05, 4.69) is 35.2 Å². The van der Waals surface area contributed by atoms with Gasteiger partial charge in [-0.3, -0.25) is 4.79 Å². The van der Waals surface area contributed by atoms with Crippen LogP contribution in [0.1, 0.15) is 44.5 Å². The molecule has 0 spiro atoms. The Labute approximate surface area is 137 Å². The topological polar surface area (TPSA) is 59.0 Å². The highest BCUT2D eigenvalue weighted by Gasteiger charge is 2.31. The molecule has 5 nitrogen and oxygen atoms in total. The Balaban J connectivity index is 1.80. The number of amides is 1. The molecular formula is C18H26N4O. The summed E-state index contributed by atoms with van der Waals surface area (Å²) in [5.74, 6) is 1.23. The van der Waals surface area contributed by atoms with Gasteiger partial charge >= 0.3 is 0 Å². The van der Waals surface area contributed by atoms with Crippen molar-refractivity contribution in [2.75, 3.05) is 7.05 Å². The summed E-state index contributed by atoms with van der Waals surface area (Å²) in [5, 5.41) is 6.47. The minimum Gasteiger partial charge on any atom is -0.359 e. The highest BCUT2D eigenvalue weighted by Crippen LogP contribution is 2.27. The van der Waals surface area contributed by atoms with E-state index >= 15 is 0 Å². The number of hydrogen-bond acceptors (Lipinski definition) is 3. The molecule has 0 bridgehead atoms. The third-order valence-electron chi connectivity index (χ3n) is 5.02. The number of para-hydroxylation sites is 2. The fourth-order valence-corrected chi connectivity index (χ4v) is 3.78. The first kappa shape index (κ1) is 16.0. The van der Waals surface area contributed by atoms with Crippen LogP contribution in [-0.2, 0) is 11.8 Å². The van der Waals surface area contributed by atoms with Crippen LogP contribution < -0.4 is 10.6 Å². The lowest BCUT2D eigenvalue weighted by Crippen LogP contribution is -2.46. The lowest BCUT2D eigenvalue weighted by molar-refractivity contribution is -0.126. The van der Waals surface area contributed by atoms with Crippen molar-refractivity contribution < 1.29 is 4.79 Å². The van der Waals surface area contributed by atoms with Gasteiger partial charge in [-0.15, -0.1) is 0 Å². The first-order valence-electron chi connectivity index (χ1n) is 8.50. The van der Waals surface area contributed by atoms with Crippen molar-refractivity contribution in [3.05, 3.63) is 30.1 Å². The molecule has 0 saturated heterocycles. The van der Waals surface area contributed by atoms with Gasteiger partial charge in [0.15, 0.2) is 0 Å². The predicted octanol–water partition coefficient (Wildman–Crippen LogP) is 2.53. The molecule has 1 amide bonds. The minimum absolute atomic E-state index is 0.0610. The zero-order chi connectivity index (χ0) is 16.4. The standard InChI is InChI=1S/C18H26N4O/c1-12(17-21-15-10-6-7-11-16(15)22(17)3)20-14-9-5-4-8-13(14)18(23)19-2/h6-7,10-14,20H,4-5,8-9H2,1-3H3,(H,19,23)/t12-,13-,14+/m1/s1. The molecule has 1 fully saturated rings. The highest BCUT2D eigenvalue weighted by atomic mass is 16.1. The zero-order valence-corrected chi connectivity index (χ0v) is 14.2. The molecule has 5 heteroatoms. The van der Waals surface area contributed by atoms with E-state index in [0.29, 0.717) is 0 Å². The first-order valence-corrected chi connectivity index (χ1v) is 8.50. The van der Waals surface area contributed by atoms with E-state index in [-0.39, 0.29) is 23.9 Å². The normalized spacial score (nSPS) is 22.9. The Kier molecular flexibility index (Phi) is 4.66. The van der Waals surface area contributed by atoms with Gasteiger partial charge in [0, 0.05) is 20.1 Å². The van der Waals surface area contributed by atoms with Crippen LogP contribution in [-0.4, -0.2) is 28.5 Å². The Morgan fingerprint density at radius 3 is 2.78 bits per heavy atom. The SMILES string of the molecule is CNC(=O)[C@@H]1CCCC[C@@H]1N[C@H](C)c1nc2ccccc2n1C. The van der Waals surface area contributed by atoms with Gasteiger partial charge in [-0.05, 0) is 31.9 Å². The molecule has 1 heterocycles. The van der Waals surface area contributed by atoms with Gasteiger partial charge in [0.2, 0.25) is 5.91 Å². The monoisotopic (exact) mass is 314 g/mol. The summed E-state index contributed by atoms with van der Waals surface area (Å²) in [6.07, 6.45) is 4.33. The number of hydrogen-bond donors (Lipinski definition) is 2. The van der Waals surface area contributed by atoms with Crippen molar-refractivity contribution in [1.82, 2.24) is 20.2 Å². The molecule has 23 heavy (non-hydrogen) atoms. The molecule has 2 aromatic rings. The van der Waals surface area contributed by atoms with E-state index in [9.17, 15) is 4.79 Å². The Bertz CT molecular complexity index is 693. The van der Waals surface area contributed by atoms with Gasteiger partial charge in [-0.25, -0.2) is 4.98 Å². The van der Waals surface area contributed by atoms with Gasteiger partial charge in [-0.2, -0.15) is 0 Å². The number of nitrogens with zero attached hydrogens (tertiary/aromatic N) is 2. The molecule has 1 aliphatic rings. The fourth-order valence-electron chi connectivity index (χ4n) is 3.78. The lowest BCUT2D eigenvalue weighted by atomic mass is 9.83. The lowest BCUT2D eigenvalue weighted by Gasteiger charge is -2.33. The van der Waals surface area contributed by atoms with E-state index in [0.717, 1.165) is 36.1 Å². The molecule has 1 aromatic heterocycles. The maximum absolute atomic E-state index is 12.1. The quantitative estimate of drug-likeness (QED) is 0.912. The number of rotatable bonds is 4. The third kappa shape index (κ3) is 3.11. The Morgan fingerprint density at radius 1 is 1.30 bits per heavy atom. The summed E-state index contributed by atoms with van der Waals surface area (Å²) < 4.78 is 2.14. The summed E-state index contributed by atoms with van der Waals surface area (Å²) in [5.41, 5.74) is 2.16. The second-order valence-corrected chi connectivity index (χ2v) is 6.52. The van der Waals surface area contributed by atoms with Crippen LogP contribution in [0.3, 0.4) is 0 Å². The summed E-state index contributed by atoms with van der Waals surface area (Å²) in [4.78, 5) is 16.9. The number of carbonyl (C=O) groups excluding carboxylic acids is 1. The van der Waals surface area contributed by atoms with E-state index in [4.69, 9.17) is 4.98 Å². The molecule has 124 valence electrons. The van der Waals surface area contributed by atoms with Crippen LogP contribution >= 0.6 is 0 Å². The Hall–Kier alpha value is -1.88. The number of fused-ring (bicyclic) bond motifs is 1. The van der Waals surface area contributed by atoms with Crippen LogP contribution in [0.2, 0.25) is 0 Å². The van der Waals surface area contributed by atoms with Gasteiger partial charge in [0.05, 0.1) is 23.0 Å².